The predicted octanol–water partition coefficient (Wildman–Crippen LogP) is 2.89. The molecule has 0 atom stereocenters. The van der Waals surface area contributed by atoms with Gasteiger partial charge in [-0.3, -0.25) is 0 Å². The number of rotatable bonds is 3. The van der Waals surface area contributed by atoms with Gasteiger partial charge in [0.2, 0.25) is 0 Å². The topological polar surface area (TPSA) is 28.7 Å². The van der Waals surface area contributed by atoms with Gasteiger partial charge in [-0.2, -0.15) is 0 Å². The molecule has 0 amide bonds. The van der Waals surface area contributed by atoms with Crippen LogP contribution >= 0.6 is 15.9 Å². The van der Waals surface area contributed by atoms with E-state index >= 15 is 0 Å². The van der Waals surface area contributed by atoms with Gasteiger partial charge >= 0.3 is 0 Å². The Morgan fingerprint density at radius 3 is 3.15 bits per heavy atom. The molecular weight excluding hydrogens is 228 g/mol. The number of aromatic nitrogens is 2. The van der Waals surface area contributed by atoms with E-state index in [0.717, 1.165) is 22.8 Å². The largest absolute Gasteiger partial charge is 0.345 e. The molecule has 2 aromatic rings. The van der Waals surface area contributed by atoms with Gasteiger partial charge in [0.25, 0.3) is 0 Å². The van der Waals surface area contributed by atoms with Crippen LogP contribution in [0.5, 0.6) is 0 Å². The van der Waals surface area contributed by atoms with Gasteiger partial charge in [-0.1, -0.05) is 22.0 Å². The Morgan fingerprint density at radius 1 is 1.38 bits per heavy atom. The molecule has 0 aliphatic rings. The number of nitrogens with zero attached hydrogens (tertiary/aromatic N) is 1. The lowest BCUT2D eigenvalue weighted by Gasteiger charge is -1.98. The van der Waals surface area contributed by atoms with E-state index in [4.69, 9.17) is 0 Å². The Morgan fingerprint density at radius 2 is 2.31 bits per heavy atom. The van der Waals surface area contributed by atoms with Crippen LogP contribution in [-0.4, -0.2) is 15.3 Å². The first-order valence-electron chi connectivity index (χ1n) is 4.38. The zero-order valence-electron chi connectivity index (χ0n) is 7.26. The molecular formula is C10H11BrN2. The Bertz CT molecular complexity index is 394. The van der Waals surface area contributed by atoms with E-state index in [1.54, 1.807) is 6.33 Å². The Hall–Kier alpha value is -0.830. The third-order valence-electron chi connectivity index (χ3n) is 2.08. The number of hydrogen-bond donors (Lipinski definition) is 1. The molecule has 2 nitrogen and oxygen atoms in total. The number of H-pyrrole nitrogens is 1. The summed E-state index contributed by atoms with van der Waals surface area (Å²) in [7, 11) is 0. The Balaban J connectivity index is 2.26. The molecule has 0 unspecified atom stereocenters. The molecule has 1 N–H and O–H groups in total. The smallest absolute Gasteiger partial charge is 0.0931 e. The maximum absolute atomic E-state index is 4.18. The maximum Gasteiger partial charge on any atom is 0.0931 e. The van der Waals surface area contributed by atoms with Gasteiger partial charge in [-0.05, 0) is 30.5 Å². The van der Waals surface area contributed by atoms with E-state index in [1.807, 2.05) is 0 Å². The van der Waals surface area contributed by atoms with Crippen molar-refractivity contribution in [2.24, 2.45) is 0 Å². The number of aryl methyl sites for hydroxylation is 1. The van der Waals surface area contributed by atoms with Crippen molar-refractivity contribution >= 4 is 27.0 Å². The number of imidazole rings is 1. The van der Waals surface area contributed by atoms with Crippen molar-refractivity contribution in [1.29, 1.82) is 0 Å². The predicted molar refractivity (Wildman–Crippen MR) is 58.2 cm³/mol. The summed E-state index contributed by atoms with van der Waals surface area (Å²) in [6.07, 6.45) is 4.04. The first-order valence-corrected chi connectivity index (χ1v) is 5.50. The summed E-state index contributed by atoms with van der Waals surface area (Å²) in [4.78, 5) is 7.29. The molecule has 0 bridgehead atoms. The standard InChI is InChI=1S/C10H11BrN2/c11-5-1-2-8-3-4-9-10(6-8)13-7-12-9/h3-4,6-7H,1-2,5H2,(H,12,13). The van der Waals surface area contributed by atoms with Gasteiger partial charge in [-0.25, -0.2) is 4.98 Å². The molecule has 0 saturated carbocycles. The zero-order chi connectivity index (χ0) is 9.10. The van der Waals surface area contributed by atoms with E-state index in [9.17, 15) is 0 Å². The van der Waals surface area contributed by atoms with E-state index in [-0.39, 0.29) is 0 Å². The molecule has 2 rings (SSSR count). The fourth-order valence-corrected chi connectivity index (χ4v) is 1.69. The van der Waals surface area contributed by atoms with Crippen LogP contribution in [0.4, 0.5) is 0 Å². The van der Waals surface area contributed by atoms with Crippen molar-refractivity contribution in [3.8, 4) is 0 Å². The molecule has 0 aliphatic heterocycles. The van der Waals surface area contributed by atoms with Crippen molar-refractivity contribution in [2.75, 3.05) is 5.33 Å². The monoisotopic (exact) mass is 238 g/mol. The first kappa shape index (κ1) is 8.75. The summed E-state index contributed by atoms with van der Waals surface area (Å²) in [6, 6.07) is 6.38. The molecule has 0 aliphatic carbocycles. The highest BCUT2D eigenvalue weighted by Gasteiger charge is 1.97. The van der Waals surface area contributed by atoms with Crippen LogP contribution in [0, 0.1) is 0 Å². The molecule has 0 radical (unpaired) electrons. The van der Waals surface area contributed by atoms with Gasteiger partial charge in [0.1, 0.15) is 0 Å². The number of nitrogens with one attached hydrogen (secondary N) is 1. The van der Waals surface area contributed by atoms with Crippen LogP contribution in [0.3, 0.4) is 0 Å². The third kappa shape index (κ3) is 1.91. The summed E-state index contributed by atoms with van der Waals surface area (Å²) in [5.41, 5.74) is 3.55. The molecule has 68 valence electrons. The SMILES string of the molecule is BrCCCc1ccc2nc[nH]c2c1. The van der Waals surface area contributed by atoms with Gasteiger partial charge in [0.05, 0.1) is 17.4 Å². The van der Waals surface area contributed by atoms with Crippen molar-refractivity contribution in [1.82, 2.24) is 9.97 Å². The van der Waals surface area contributed by atoms with Crippen molar-refractivity contribution < 1.29 is 0 Å². The third-order valence-corrected chi connectivity index (χ3v) is 2.64. The minimum atomic E-state index is 1.04. The number of alkyl halides is 1. The highest BCUT2D eigenvalue weighted by atomic mass is 79.9. The van der Waals surface area contributed by atoms with Crippen LogP contribution in [0.1, 0.15) is 12.0 Å². The molecule has 13 heavy (non-hydrogen) atoms. The van der Waals surface area contributed by atoms with Crippen LogP contribution < -0.4 is 0 Å². The van der Waals surface area contributed by atoms with Gasteiger partial charge in [-0.15, -0.1) is 0 Å². The number of aromatic amines is 1. The zero-order valence-corrected chi connectivity index (χ0v) is 8.84. The molecule has 0 fully saturated rings. The minimum absolute atomic E-state index is 1.04. The summed E-state index contributed by atoms with van der Waals surface area (Å²) in [5.74, 6) is 0. The van der Waals surface area contributed by atoms with Crippen LogP contribution in [0.2, 0.25) is 0 Å². The lowest BCUT2D eigenvalue weighted by Crippen LogP contribution is -1.85. The van der Waals surface area contributed by atoms with Crippen molar-refractivity contribution in [2.45, 2.75) is 12.8 Å². The fourth-order valence-electron chi connectivity index (χ4n) is 1.41. The average molecular weight is 239 g/mol. The normalized spacial score (nSPS) is 10.8. The van der Waals surface area contributed by atoms with Crippen LogP contribution in [0.25, 0.3) is 11.0 Å². The summed E-state index contributed by atoms with van der Waals surface area (Å²) >= 11 is 3.43. The summed E-state index contributed by atoms with van der Waals surface area (Å²) in [5, 5.41) is 1.06. The highest BCUT2D eigenvalue weighted by Crippen LogP contribution is 2.13. The second-order valence-electron chi connectivity index (χ2n) is 3.05. The van der Waals surface area contributed by atoms with Crippen LogP contribution in [0.15, 0.2) is 24.5 Å². The fraction of sp³-hybridized carbons (Fsp3) is 0.300. The number of benzene rings is 1. The van der Waals surface area contributed by atoms with Gasteiger partial charge in [0, 0.05) is 5.33 Å². The number of halogens is 1. The first-order chi connectivity index (χ1) is 6.40. The molecule has 1 aromatic heterocycles. The quantitative estimate of drug-likeness (QED) is 0.819. The molecule has 1 heterocycles. The Labute approximate surface area is 85.5 Å². The maximum atomic E-state index is 4.18. The lowest BCUT2D eigenvalue weighted by atomic mass is 10.1. The highest BCUT2D eigenvalue weighted by molar-refractivity contribution is 9.09. The molecule has 1 aromatic carbocycles. The molecule has 0 saturated heterocycles. The van der Waals surface area contributed by atoms with E-state index < -0.39 is 0 Å². The summed E-state index contributed by atoms with van der Waals surface area (Å²) < 4.78 is 0. The minimum Gasteiger partial charge on any atom is -0.345 e. The Kier molecular flexibility index (Phi) is 2.64. The second-order valence-corrected chi connectivity index (χ2v) is 3.84. The van der Waals surface area contributed by atoms with E-state index in [0.29, 0.717) is 0 Å². The second kappa shape index (κ2) is 3.92. The lowest BCUT2D eigenvalue weighted by molar-refractivity contribution is 0.941. The van der Waals surface area contributed by atoms with Crippen molar-refractivity contribution in [3.63, 3.8) is 0 Å². The van der Waals surface area contributed by atoms with Crippen LogP contribution in [-0.2, 0) is 6.42 Å². The number of fused-ring (bicyclic) bond motifs is 1. The summed E-state index contributed by atoms with van der Waals surface area (Å²) in [6.45, 7) is 0. The van der Waals surface area contributed by atoms with Gasteiger partial charge < -0.3 is 4.98 Å². The number of hydrogen-bond acceptors (Lipinski definition) is 1. The van der Waals surface area contributed by atoms with Gasteiger partial charge in [0.15, 0.2) is 0 Å². The molecule has 3 heteroatoms. The average Bonchev–Trinajstić information content (AvgIpc) is 2.61. The van der Waals surface area contributed by atoms with Crippen molar-refractivity contribution in [3.05, 3.63) is 30.1 Å². The molecule has 0 spiro atoms. The van der Waals surface area contributed by atoms with E-state index in [2.05, 4.69) is 44.1 Å². The van der Waals surface area contributed by atoms with E-state index in [1.165, 1.54) is 12.0 Å².